The second-order valence-electron chi connectivity index (χ2n) is 13.6. The summed E-state index contributed by atoms with van der Waals surface area (Å²) in [4.78, 5) is 24.9. The van der Waals surface area contributed by atoms with Crippen molar-refractivity contribution in [2.45, 2.75) is 168 Å². The summed E-state index contributed by atoms with van der Waals surface area (Å²) >= 11 is 0. The van der Waals surface area contributed by atoms with E-state index in [-0.39, 0.29) is 23.0 Å². The van der Waals surface area contributed by atoms with Crippen LogP contribution in [-0.2, 0) is 31.6 Å². The number of esters is 1. The highest BCUT2D eigenvalue weighted by molar-refractivity contribution is 6.34. The molecule has 1 aromatic carbocycles. The molecule has 1 N–H and O–H groups in total. The van der Waals surface area contributed by atoms with Crippen molar-refractivity contribution in [2.75, 3.05) is 6.61 Å². The first-order valence-electron chi connectivity index (χ1n) is 15.9. The van der Waals surface area contributed by atoms with Gasteiger partial charge in [0.15, 0.2) is 0 Å². The van der Waals surface area contributed by atoms with Crippen molar-refractivity contribution in [1.29, 1.82) is 0 Å². The molecular formula is C35H60O4. The van der Waals surface area contributed by atoms with Gasteiger partial charge in [-0.25, -0.2) is 4.79 Å². The Labute approximate surface area is 240 Å². The summed E-state index contributed by atoms with van der Waals surface area (Å²) in [5.41, 5.74) is 1.76. The van der Waals surface area contributed by atoms with Crippen molar-refractivity contribution in [2.24, 2.45) is 0 Å². The van der Waals surface area contributed by atoms with Crippen LogP contribution in [0.5, 0.6) is 5.75 Å². The molecule has 1 aromatic rings. The first-order chi connectivity index (χ1) is 18.4. The molecule has 4 nitrogen and oxygen atoms in total. The predicted octanol–water partition coefficient (Wildman–Crippen LogP) is 9.90. The lowest BCUT2D eigenvalue weighted by atomic mass is 9.78. The number of hydrogen-bond acceptors (Lipinski definition) is 4. The van der Waals surface area contributed by atoms with Crippen LogP contribution >= 0.6 is 0 Å². The van der Waals surface area contributed by atoms with Crippen molar-refractivity contribution in [3.8, 4) is 5.75 Å². The van der Waals surface area contributed by atoms with E-state index in [0.29, 0.717) is 6.61 Å². The first-order valence-corrected chi connectivity index (χ1v) is 15.9. The molecule has 0 bridgehead atoms. The van der Waals surface area contributed by atoms with Gasteiger partial charge in [0.25, 0.3) is 0 Å². The SMILES string of the molecule is CCCCCCCCCCCCCCCCCCOC(=O)C(=O)Cc1cc(C(C)(C)C)c(O)c(C(C)(C)C)c1. The molecule has 39 heavy (non-hydrogen) atoms. The van der Waals surface area contributed by atoms with Gasteiger partial charge in [0.05, 0.1) is 6.61 Å². The van der Waals surface area contributed by atoms with E-state index in [1.165, 1.54) is 83.5 Å². The Balaban J connectivity index is 2.22. The summed E-state index contributed by atoms with van der Waals surface area (Å²) in [6.45, 7) is 14.8. The largest absolute Gasteiger partial charge is 0.507 e. The summed E-state index contributed by atoms with van der Waals surface area (Å²) in [7, 11) is 0. The van der Waals surface area contributed by atoms with Crippen LogP contribution in [-0.4, -0.2) is 23.5 Å². The molecule has 0 spiro atoms. The van der Waals surface area contributed by atoms with Crippen molar-refractivity contribution in [3.05, 3.63) is 28.8 Å². The molecule has 0 unspecified atom stereocenters. The second kappa shape index (κ2) is 18.5. The summed E-state index contributed by atoms with van der Waals surface area (Å²) in [5.74, 6) is -1.01. The Morgan fingerprint density at radius 2 is 1.00 bits per heavy atom. The fourth-order valence-corrected chi connectivity index (χ4v) is 5.09. The monoisotopic (exact) mass is 544 g/mol. The summed E-state index contributed by atoms with van der Waals surface area (Å²) in [6.07, 6.45) is 20.7. The van der Waals surface area contributed by atoms with Crippen LogP contribution in [0.25, 0.3) is 0 Å². The highest BCUT2D eigenvalue weighted by atomic mass is 16.5. The van der Waals surface area contributed by atoms with Crippen LogP contribution in [0.3, 0.4) is 0 Å². The third kappa shape index (κ3) is 14.9. The Kier molecular flexibility index (Phi) is 16.7. The van der Waals surface area contributed by atoms with Crippen LogP contribution in [0.1, 0.15) is 168 Å². The number of hydrogen-bond donors (Lipinski definition) is 1. The molecule has 4 heteroatoms. The summed E-state index contributed by atoms with van der Waals surface area (Å²) in [6, 6.07) is 3.71. The molecule has 1 rings (SSSR count). The maximum atomic E-state index is 12.6. The number of carbonyl (C=O) groups is 2. The number of carbonyl (C=O) groups excluding carboxylic acids is 2. The van der Waals surface area contributed by atoms with Crippen molar-refractivity contribution >= 4 is 11.8 Å². The number of rotatable bonds is 20. The van der Waals surface area contributed by atoms with Gasteiger partial charge < -0.3 is 9.84 Å². The van der Waals surface area contributed by atoms with Gasteiger partial charge in [-0.1, -0.05) is 157 Å². The highest BCUT2D eigenvalue weighted by Crippen LogP contribution is 2.39. The molecule has 0 radical (unpaired) electrons. The quantitative estimate of drug-likeness (QED) is 0.101. The van der Waals surface area contributed by atoms with Gasteiger partial charge in [-0.15, -0.1) is 0 Å². The minimum absolute atomic E-state index is 0.00969. The van der Waals surface area contributed by atoms with Crippen molar-refractivity contribution in [1.82, 2.24) is 0 Å². The minimum atomic E-state index is -0.751. The number of aromatic hydroxyl groups is 1. The van der Waals surface area contributed by atoms with Gasteiger partial charge in [0, 0.05) is 6.42 Å². The molecule has 0 amide bonds. The number of phenols is 1. The smallest absolute Gasteiger partial charge is 0.374 e. The Bertz CT molecular complexity index is 806. The average molecular weight is 545 g/mol. The molecule has 0 saturated heterocycles. The van der Waals surface area contributed by atoms with Gasteiger partial charge in [-0.05, 0) is 33.9 Å². The van der Waals surface area contributed by atoms with Crippen LogP contribution in [0.4, 0.5) is 0 Å². The number of Topliss-reactive ketones (excluding diaryl/α,β-unsaturated/α-hetero) is 1. The molecular weight excluding hydrogens is 484 g/mol. The van der Waals surface area contributed by atoms with Gasteiger partial charge in [0.2, 0.25) is 5.78 Å². The fourth-order valence-electron chi connectivity index (χ4n) is 5.09. The van der Waals surface area contributed by atoms with E-state index in [0.717, 1.165) is 36.0 Å². The lowest BCUT2D eigenvalue weighted by Gasteiger charge is -2.28. The average Bonchev–Trinajstić information content (AvgIpc) is 2.85. The third-order valence-electron chi connectivity index (χ3n) is 7.61. The molecule has 0 aliphatic heterocycles. The zero-order chi connectivity index (χ0) is 29.3. The van der Waals surface area contributed by atoms with E-state index >= 15 is 0 Å². The van der Waals surface area contributed by atoms with Crippen LogP contribution in [0.2, 0.25) is 0 Å². The minimum Gasteiger partial charge on any atom is -0.507 e. The van der Waals surface area contributed by atoms with Crippen LogP contribution in [0, 0.1) is 0 Å². The maximum Gasteiger partial charge on any atom is 0.374 e. The molecule has 0 aliphatic carbocycles. The normalized spacial score (nSPS) is 12.1. The fraction of sp³-hybridized carbons (Fsp3) is 0.771. The molecule has 0 saturated carbocycles. The highest BCUT2D eigenvalue weighted by Gasteiger charge is 2.27. The van der Waals surface area contributed by atoms with Crippen molar-refractivity contribution in [3.63, 3.8) is 0 Å². The Hall–Kier alpha value is -1.84. The number of ketones is 1. The zero-order valence-corrected chi connectivity index (χ0v) is 26.6. The number of unbranched alkanes of at least 4 members (excludes halogenated alkanes) is 15. The number of benzene rings is 1. The predicted molar refractivity (Wildman–Crippen MR) is 165 cm³/mol. The number of phenolic OH excluding ortho intramolecular Hbond substituents is 1. The molecule has 0 atom stereocenters. The van der Waals surface area contributed by atoms with E-state index in [2.05, 4.69) is 6.92 Å². The first kappa shape index (κ1) is 35.2. The molecule has 224 valence electrons. The van der Waals surface area contributed by atoms with Crippen LogP contribution < -0.4 is 0 Å². The van der Waals surface area contributed by atoms with E-state index in [9.17, 15) is 14.7 Å². The molecule has 0 fully saturated rings. The second-order valence-corrected chi connectivity index (χ2v) is 13.6. The van der Waals surface area contributed by atoms with Gasteiger partial charge >= 0.3 is 5.97 Å². The molecule has 0 aliphatic rings. The lowest BCUT2D eigenvalue weighted by molar-refractivity contribution is -0.153. The standard InChI is InChI=1S/C35H60O4/c1-8-9-10-11-12-13-14-15-16-17-18-19-20-21-22-23-24-39-33(38)31(36)27-28-25-29(34(2,3)4)32(37)30(26-28)35(5,6)7/h25-26,37H,8-24,27H2,1-7H3. The Morgan fingerprint density at radius 3 is 1.36 bits per heavy atom. The topological polar surface area (TPSA) is 63.6 Å². The molecule has 0 aromatic heterocycles. The lowest BCUT2D eigenvalue weighted by Crippen LogP contribution is -2.22. The molecule has 0 heterocycles. The zero-order valence-electron chi connectivity index (χ0n) is 26.6. The summed E-state index contributed by atoms with van der Waals surface area (Å²) in [5, 5.41) is 10.9. The van der Waals surface area contributed by atoms with E-state index in [1.807, 2.05) is 53.7 Å². The van der Waals surface area contributed by atoms with Gasteiger partial charge in [-0.3, -0.25) is 4.79 Å². The van der Waals surface area contributed by atoms with Gasteiger partial charge in [0.1, 0.15) is 5.75 Å². The number of ether oxygens (including phenoxy) is 1. The Morgan fingerprint density at radius 1 is 0.641 bits per heavy atom. The van der Waals surface area contributed by atoms with E-state index in [4.69, 9.17) is 4.74 Å². The van der Waals surface area contributed by atoms with Gasteiger partial charge in [-0.2, -0.15) is 0 Å². The maximum absolute atomic E-state index is 12.6. The third-order valence-corrected chi connectivity index (χ3v) is 7.61. The van der Waals surface area contributed by atoms with E-state index in [1.54, 1.807) is 0 Å². The van der Waals surface area contributed by atoms with E-state index < -0.39 is 11.8 Å². The van der Waals surface area contributed by atoms with Crippen LogP contribution in [0.15, 0.2) is 12.1 Å². The van der Waals surface area contributed by atoms with Crippen molar-refractivity contribution < 1.29 is 19.4 Å². The summed E-state index contributed by atoms with van der Waals surface area (Å²) < 4.78 is 5.28.